The summed E-state index contributed by atoms with van der Waals surface area (Å²) < 4.78 is 44.8. The standard InChI is InChI=1S/C11H10BrF3O2/c1-16-6-2-3-8-4-5-10(9(12)7-8)17-11(13,14)15/h2,4-7H,3H2,1H3/b6-2+. The lowest BCUT2D eigenvalue weighted by molar-refractivity contribution is -0.274. The van der Waals surface area contributed by atoms with Gasteiger partial charge >= 0.3 is 6.36 Å². The molecular formula is C11H10BrF3O2. The van der Waals surface area contributed by atoms with Gasteiger partial charge in [0.2, 0.25) is 0 Å². The molecule has 0 amide bonds. The highest BCUT2D eigenvalue weighted by atomic mass is 79.9. The molecule has 0 radical (unpaired) electrons. The van der Waals surface area contributed by atoms with Gasteiger partial charge in [0.05, 0.1) is 17.8 Å². The second-order valence-electron chi connectivity index (χ2n) is 3.12. The highest BCUT2D eigenvalue weighted by Crippen LogP contribution is 2.31. The lowest BCUT2D eigenvalue weighted by atomic mass is 10.1. The summed E-state index contributed by atoms with van der Waals surface area (Å²) in [7, 11) is 1.52. The van der Waals surface area contributed by atoms with Gasteiger partial charge < -0.3 is 9.47 Å². The van der Waals surface area contributed by atoms with Crippen LogP contribution < -0.4 is 4.74 Å². The molecule has 0 saturated heterocycles. The Morgan fingerprint density at radius 2 is 2.06 bits per heavy atom. The smallest absolute Gasteiger partial charge is 0.505 e. The summed E-state index contributed by atoms with van der Waals surface area (Å²) >= 11 is 3.03. The third-order valence-electron chi connectivity index (χ3n) is 1.81. The molecule has 1 aromatic carbocycles. The molecule has 0 aliphatic carbocycles. The molecule has 0 aliphatic rings. The molecule has 1 rings (SSSR count). The van der Waals surface area contributed by atoms with Crippen LogP contribution in [0.4, 0.5) is 13.2 Å². The molecule has 2 nitrogen and oxygen atoms in total. The number of methoxy groups -OCH3 is 1. The van der Waals surface area contributed by atoms with Crippen molar-refractivity contribution in [3.63, 3.8) is 0 Å². The first-order valence-electron chi connectivity index (χ1n) is 4.64. The summed E-state index contributed by atoms with van der Waals surface area (Å²) in [5.74, 6) is -0.253. The predicted molar refractivity (Wildman–Crippen MR) is 60.7 cm³/mol. The Hall–Kier alpha value is -1.17. The van der Waals surface area contributed by atoms with Crippen molar-refractivity contribution in [3.8, 4) is 5.75 Å². The van der Waals surface area contributed by atoms with Crippen LogP contribution in [0.2, 0.25) is 0 Å². The van der Waals surface area contributed by atoms with Crippen molar-refractivity contribution in [2.45, 2.75) is 12.8 Å². The van der Waals surface area contributed by atoms with Crippen LogP contribution in [0.5, 0.6) is 5.75 Å². The fourth-order valence-electron chi connectivity index (χ4n) is 1.16. The van der Waals surface area contributed by atoms with Crippen LogP contribution in [0.3, 0.4) is 0 Å². The zero-order chi connectivity index (χ0) is 12.9. The lowest BCUT2D eigenvalue weighted by Crippen LogP contribution is -2.17. The van der Waals surface area contributed by atoms with E-state index in [2.05, 4.69) is 20.7 Å². The Balaban J connectivity index is 2.76. The average molecular weight is 311 g/mol. The molecule has 17 heavy (non-hydrogen) atoms. The zero-order valence-corrected chi connectivity index (χ0v) is 10.5. The number of hydrogen-bond donors (Lipinski definition) is 0. The molecule has 0 unspecified atom stereocenters. The van der Waals surface area contributed by atoms with E-state index in [0.29, 0.717) is 6.42 Å². The number of rotatable bonds is 4. The van der Waals surface area contributed by atoms with E-state index in [9.17, 15) is 13.2 Å². The molecule has 0 heterocycles. The molecule has 0 fully saturated rings. The Labute approximate surface area is 105 Å². The molecule has 6 heteroatoms. The fourth-order valence-corrected chi connectivity index (χ4v) is 1.67. The molecule has 94 valence electrons. The quantitative estimate of drug-likeness (QED) is 0.781. The maximum Gasteiger partial charge on any atom is 0.573 e. The van der Waals surface area contributed by atoms with E-state index < -0.39 is 6.36 Å². The first-order valence-corrected chi connectivity index (χ1v) is 5.43. The number of allylic oxidation sites excluding steroid dienone is 1. The largest absolute Gasteiger partial charge is 0.573 e. The van der Waals surface area contributed by atoms with Gasteiger partial charge in [-0.2, -0.15) is 0 Å². The minimum atomic E-state index is -4.68. The van der Waals surface area contributed by atoms with E-state index in [1.807, 2.05) is 0 Å². The second kappa shape index (κ2) is 5.95. The molecule has 1 aromatic rings. The molecular weight excluding hydrogens is 301 g/mol. The Morgan fingerprint density at radius 3 is 2.59 bits per heavy atom. The average Bonchev–Trinajstić information content (AvgIpc) is 2.21. The first kappa shape index (κ1) is 13.9. The minimum Gasteiger partial charge on any atom is -0.505 e. The maximum absolute atomic E-state index is 12.0. The van der Waals surface area contributed by atoms with Crippen molar-refractivity contribution in [2.24, 2.45) is 0 Å². The van der Waals surface area contributed by atoms with E-state index in [1.54, 1.807) is 18.2 Å². The van der Waals surface area contributed by atoms with Gasteiger partial charge in [0.15, 0.2) is 0 Å². The van der Waals surface area contributed by atoms with Crippen molar-refractivity contribution >= 4 is 15.9 Å². The number of hydrogen-bond acceptors (Lipinski definition) is 2. The van der Waals surface area contributed by atoms with Gasteiger partial charge in [-0.25, -0.2) is 0 Å². The monoisotopic (exact) mass is 310 g/mol. The zero-order valence-electron chi connectivity index (χ0n) is 8.92. The van der Waals surface area contributed by atoms with Crippen LogP contribution in [-0.2, 0) is 11.2 Å². The molecule has 0 bridgehead atoms. The van der Waals surface area contributed by atoms with Crippen molar-refractivity contribution in [1.29, 1.82) is 0 Å². The summed E-state index contributed by atoms with van der Waals surface area (Å²) in [6, 6.07) is 4.40. The lowest BCUT2D eigenvalue weighted by Gasteiger charge is -2.11. The van der Waals surface area contributed by atoms with Crippen LogP contribution in [-0.4, -0.2) is 13.5 Å². The van der Waals surface area contributed by atoms with E-state index >= 15 is 0 Å². The van der Waals surface area contributed by atoms with E-state index in [0.717, 1.165) is 5.56 Å². The second-order valence-corrected chi connectivity index (χ2v) is 3.98. The van der Waals surface area contributed by atoms with Crippen LogP contribution in [0.25, 0.3) is 0 Å². The molecule has 0 aromatic heterocycles. The van der Waals surface area contributed by atoms with E-state index in [-0.39, 0.29) is 10.2 Å². The Bertz CT molecular complexity index is 402. The molecule has 0 saturated carbocycles. The van der Waals surface area contributed by atoms with Crippen molar-refractivity contribution in [3.05, 3.63) is 40.6 Å². The number of ether oxygens (including phenoxy) is 2. The SMILES string of the molecule is CO/C=C/Cc1ccc(OC(F)(F)F)c(Br)c1. The third-order valence-corrected chi connectivity index (χ3v) is 2.43. The summed E-state index contributed by atoms with van der Waals surface area (Å²) in [5.41, 5.74) is 0.847. The summed E-state index contributed by atoms with van der Waals surface area (Å²) in [6.45, 7) is 0. The number of alkyl halides is 3. The number of benzene rings is 1. The van der Waals surface area contributed by atoms with Gasteiger partial charge in [0, 0.05) is 0 Å². The van der Waals surface area contributed by atoms with Crippen LogP contribution >= 0.6 is 15.9 Å². The molecule has 0 spiro atoms. The minimum absolute atomic E-state index is 0.253. The summed E-state index contributed by atoms with van der Waals surface area (Å²) in [6.07, 6.45) is -0.848. The molecule has 0 atom stereocenters. The van der Waals surface area contributed by atoms with E-state index in [1.165, 1.54) is 19.4 Å². The van der Waals surface area contributed by atoms with Crippen LogP contribution in [0.1, 0.15) is 5.56 Å². The molecule has 0 N–H and O–H groups in total. The Morgan fingerprint density at radius 1 is 1.35 bits per heavy atom. The van der Waals surface area contributed by atoms with Gasteiger partial charge in [-0.1, -0.05) is 6.07 Å². The van der Waals surface area contributed by atoms with Crippen LogP contribution in [0, 0.1) is 0 Å². The summed E-state index contributed by atoms with van der Waals surface area (Å²) in [4.78, 5) is 0. The van der Waals surface area contributed by atoms with Crippen molar-refractivity contribution < 1.29 is 22.6 Å². The highest BCUT2D eigenvalue weighted by molar-refractivity contribution is 9.10. The molecule has 0 aliphatic heterocycles. The van der Waals surface area contributed by atoms with Crippen LogP contribution in [0.15, 0.2) is 35.0 Å². The number of halogens is 4. The van der Waals surface area contributed by atoms with Gasteiger partial charge in [0.25, 0.3) is 0 Å². The third kappa shape index (κ3) is 5.12. The van der Waals surface area contributed by atoms with Crippen molar-refractivity contribution in [1.82, 2.24) is 0 Å². The highest BCUT2D eigenvalue weighted by Gasteiger charge is 2.31. The predicted octanol–water partition coefficient (Wildman–Crippen LogP) is 4.05. The summed E-state index contributed by atoms with van der Waals surface area (Å²) in [5, 5.41) is 0. The Kier molecular flexibility index (Phi) is 4.86. The van der Waals surface area contributed by atoms with Gasteiger partial charge in [-0.15, -0.1) is 13.2 Å². The fraction of sp³-hybridized carbons (Fsp3) is 0.273. The van der Waals surface area contributed by atoms with E-state index in [4.69, 9.17) is 4.74 Å². The van der Waals surface area contributed by atoms with Crippen molar-refractivity contribution in [2.75, 3.05) is 7.11 Å². The normalized spacial score (nSPS) is 11.8. The first-order chi connectivity index (χ1) is 7.92. The topological polar surface area (TPSA) is 18.5 Å². The van der Waals surface area contributed by atoms with Gasteiger partial charge in [-0.05, 0) is 46.1 Å². The van der Waals surface area contributed by atoms with Gasteiger partial charge in [0.1, 0.15) is 5.75 Å². The van der Waals surface area contributed by atoms with Gasteiger partial charge in [-0.3, -0.25) is 0 Å². The maximum atomic E-state index is 12.0.